The van der Waals surface area contributed by atoms with Gasteiger partial charge in [-0.15, -0.1) is 0 Å². The van der Waals surface area contributed by atoms with Gasteiger partial charge in [0.15, 0.2) is 0 Å². The lowest BCUT2D eigenvalue weighted by Crippen LogP contribution is -2.14. The van der Waals surface area contributed by atoms with Crippen molar-refractivity contribution in [2.75, 3.05) is 0 Å². The summed E-state index contributed by atoms with van der Waals surface area (Å²) in [5.74, 6) is -1.49. The number of aromatic nitrogens is 3. The van der Waals surface area contributed by atoms with Crippen LogP contribution < -0.4 is 9.47 Å². The molecule has 10 heteroatoms. The summed E-state index contributed by atoms with van der Waals surface area (Å²) < 4.78 is 48.3. The Labute approximate surface area is 235 Å². The van der Waals surface area contributed by atoms with E-state index < -0.39 is 17.6 Å². The molecule has 3 aromatic heterocycles. The number of benzene rings is 2. The van der Waals surface area contributed by atoms with Gasteiger partial charge in [-0.3, -0.25) is 4.98 Å². The Hall–Kier alpha value is -4.73. The average molecular weight is 562 g/mol. The van der Waals surface area contributed by atoms with Crippen LogP contribution in [0.5, 0.6) is 11.5 Å². The predicted octanol–water partition coefficient (Wildman–Crippen LogP) is 7.52. The SMILES string of the molecule is Cc1noc(C)c1-c1cnc2c(-c3ccc(F)cc3F)cn(-c3c(OC(C)C)cc(C(=O)O)cc3OC(C)C)c2c1. The molecule has 0 aliphatic carbocycles. The molecule has 212 valence electrons. The molecule has 2 aromatic carbocycles. The fraction of sp³-hybridized carbons (Fsp3) is 0.258. The van der Waals surface area contributed by atoms with Crippen molar-refractivity contribution < 1.29 is 32.7 Å². The number of carboxylic acid groups (broad SMARTS) is 1. The third kappa shape index (κ3) is 5.25. The molecule has 5 rings (SSSR count). The van der Waals surface area contributed by atoms with Gasteiger partial charge in [0.2, 0.25) is 0 Å². The fourth-order valence-electron chi connectivity index (χ4n) is 4.86. The molecule has 0 saturated carbocycles. The summed E-state index contributed by atoms with van der Waals surface area (Å²) in [5.41, 5.74) is 4.06. The van der Waals surface area contributed by atoms with Crippen LogP contribution in [0.2, 0.25) is 0 Å². The minimum Gasteiger partial charge on any atom is -0.489 e. The molecule has 0 radical (unpaired) electrons. The third-order valence-electron chi connectivity index (χ3n) is 6.44. The Morgan fingerprint density at radius 3 is 2.17 bits per heavy atom. The molecule has 0 atom stereocenters. The summed E-state index contributed by atoms with van der Waals surface area (Å²) in [4.78, 5) is 16.7. The van der Waals surface area contributed by atoms with Gasteiger partial charge in [0.1, 0.15) is 34.6 Å². The van der Waals surface area contributed by atoms with Crippen LogP contribution in [0, 0.1) is 25.5 Å². The highest BCUT2D eigenvalue weighted by Crippen LogP contribution is 2.42. The van der Waals surface area contributed by atoms with E-state index in [1.807, 2.05) is 40.7 Å². The molecule has 8 nitrogen and oxygen atoms in total. The molecular weight excluding hydrogens is 532 g/mol. The maximum absolute atomic E-state index is 15.1. The first kappa shape index (κ1) is 27.8. The van der Waals surface area contributed by atoms with E-state index in [1.165, 1.54) is 24.3 Å². The van der Waals surface area contributed by atoms with Gasteiger partial charge in [-0.2, -0.15) is 0 Å². The summed E-state index contributed by atoms with van der Waals surface area (Å²) in [6, 6.07) is 8.09. The monoisotopic (exact) mass is 561 g/mol. The van der Waals surface area contributed by atoms with E-state index in [4.69, 9.17) is 19.0 Å². The van der Waals surface area contributed by atoms with Crippen molar-refractivity contribution in [3.8, 4) is 39.4 Å². The van der Waals surface area contributed by atoms with Crippen LogP contribution in [-0.2, 0) is 0 Å². The average Bonchev–Trinajstić information content (AvgIpc) is 3.42. The Balaban J connectivity index is 1.90. The molecule has 0 amide bonds. The van der Waals surface area contributed by atoms with Crippen molar-refractivity contribution >= 4 is 17.0 Å². The van der Waals surface area contributed by atoms with Crippen molar-refractivity contribution in [3.63, 3.8) is 0 Å². The fourth-order valence-corrected chi connectivity index (χ4v) is 4.86. The number of hydrogen-bond acceptors (Lipinski definition) is 6. The molecule has 0 spiro atoms. The highest BCUT2D eigenvalue weighted by Gasteiger charge is 2.25. The largest absolute Gasteiger partial charge is 0.489 e. The van der Waals surface area contributed by atoms with Crippen LogP contribution in [0.25, 0.3) is 39.0 Å². The quantitative estimate of drug-likeness (QED) is 0.209. The Bertz CT molecular complexity index is 1740. The number of carbonyl (C=O) groups is 1. The normalized spacial score (nSPS) is 11.6. The van der Waals surface area contributed by atoms with Crippen LogP contribution in [0.3, 0.4) is 0 Å². The molecule has 0 aliphatic rings. The van der Waals surface area contributed by atoms with Gasteiger partial charge in [-0.25, -0.2) is 13.6 Å². The van der Waals surface area contributed by atoms with E-state index in [1.54, 1.807) is 23.9 Å². The molecule has 0 unspecified atom stereocenters. The number of fused-ring (bicyclic) bond motifs is 1. The zero-order valence-corrected chi connectivity index (χ0v) is 23.5. The second-order valence-corrected chi connectivity index (χ2v) is 10.3. The number of ether oxygens (including phenoxy) is 2. The predicted molar refractivity (Wildman–Crippen MR) is 150 cm³/mol. The zero-order chi connectivity index (χ0) is 29.6. The highest BCUT2D eigenvalue weighted by molar-refractivity contribution is 5.97. The Kier molecular flexibility index (Phi) is 7.25. The minimum absolute atomic E-state index is 0.0177. The second-order valence-electron chi connectivity index (χ2n) is 10.3. The summed E-state index contributed by atoms with van der Waals surface area (Å²) in [5, 5.41) is 13.9. The number of aromatic carboxylic acids is 1. The molecule has 0 fully saturated rings. The van der Waals surface area contributed by atoms with Gasteiger partial charge in [0, 0.05) is 40.7 Å². The first-order valence-electron chi connectivity index (χ1n) is 13.1. The van der Waals surface area contributed by atoms with Crippen molar-refractivity contribution in [1.82, 2.24) is 14.7 Å². The molecule has 3 heterocycles. The lowest BCUT2D eigenvalue weighted by molar-refractivity contribution is 0.0695. The van der Waals surface area contributed by atoms with Crippen molar-refractivity contribution in [1.29, 1.82) is 0 Å². The van der Waals surface area contributed by atoms with E-state index in [2.05, 4.69) is 5.16 Å². The van der Waals surface area contributed by atoms with E-state index in [9.17, 15) is 14.3 Å². The van der Waals surface area contributed by atoms with Crippen LogP contribution in [0.4, 0.5) is 8.78 Å². The number of pyridine rings is 1. The Morgan fingerprint density at radius 1 is 0.976 bits per heavy atom. The number of carboxylic acids is 1. The smallest absolute Gasteiger partial charge is 0.335 e. The first-order chi connectivity index (χ1) is 19.4. The van der Waals surface area contributed by atoms with E-state index in [-0.39, 0.29) is 34.8 Å². The number of rotatable bonds is 8. The standard InChI is InChI=1S/C31H29F2N3O5/c1-15(2)39-26-10-19(31(37)38)11-27(40-16(3)4)30(26)36-14-23(22-8-7-21(32)12-24(22)33)29-25(36)9-20(13-34-29)28-17(5)35-41-18(28)6/h7-16H,1-6H3,(H,37,38). The lowest BCUT2D eigenvalue weighted by Gasteiger charge is -2.21. The van der Waals surface area contributed by atoms with Crippen molar-refractivity contribution in [3.05, 3.63) is 77.4 Å². The minimum atomic E-state index is -1.15. The van der Waals surface area contributed by atoms with Gasteiger partial charge in [-0.05, 0) is 71.9 Å². The maximum atomic E-state index is 15.1. The first-order valence-corrected chi connectivity index (χ1v) is 13.1. The van der Waals surface area contributed by atoms with E-state index >= 15 is 4.39 Å². The molecule has 1 N–H and O–H groups in total. The second kappa shape index (κ2) is 10.7. The molecule has 0 bridgehead atoms. The summed E-state index contributed by atoms with van der Waals surface area (Å²) >= 11 is 0. The van der Waals surface area contributed by atoms with Crippen LogP contribution >= 0.6 is 0 Å². The van der Waals surface area contributed by atoms with Crippen molar-refractivity contribution in [2.45, 2.75) is 53.8 Å². The van der Waals surface area contributed by atoms with Gasteiger partial charge >= 0.3 is 5.97 Å². The van der Waals surface area contributed by atoms with E-state index in [0.717, 1.165) is 11.6 Å². The van der Waals surface area contributed by atoms with Gasteiger partial charge in [0.25, 0.3) is 0 Å². The van der Waals surface area contributed by atoms with E-state index in [0.29, 0.717) is 39.3 Å². The molecule has 0 aliphatic heterocycles. The topological polar surface area (TPSA) is 99.6 Å². The van der Waals surface area contributed by atoms with Crippen LogP contribution in [-0.4, -0.2) is 38.0 Å². The summed E-state index contributed by atoms with van der Waals surface area (Å²) in [6.07, 6.45) is 2.70. The molecule has 0 saturated heterocycles. The van der Waals surface area contributed by atoms with Gasteiger partial charge < -0.3 is 23.7 Å². The number of aryl methyl sites for hydroxylation is 2. The Morgan fingerprint density at radius 2 is 1.63 bits per heavy atom. The molecule has 5 aromatic rings. The van der Waals surface area contributed by atoms with Crippen molar-refractivity contribution in [2.24, 2.45) is 0 Å². The summed E-state index contributed by atoms with van der Waals surface area (Å²) in [7, 11) is 0. The molecular formula is C31H29F2N3O5. The van der Waals surface area contributed by atoms with Crippen LogP contribution in [0.15, 0.2) is 53.3 Å². The highest BCUT2D eigenvalue weighted by atomic mass is 19.1. The lowest BCUT2D eigenvalue weighted by atomic mass is 10.0. The third-order valence-corrected chi connectivity index (χ3v) is 6.44. The maximum Gasteiger partial charge on any atom is 0.335 e. The zero-order valence-electron chi connectivity index (χ0n) is 23.5. The van der Waals surface area contributed by atoms with Gasteiger partial charge in [0.05, 0.1) is 34.5 Å². The number of halogens is 2. The van der Waals surface area contributed by atoms with Crippen LogP contribution in [0.1, 0.15) is 49.5 Å². The number of nitrogens with zero attached hydrogens (tertiary/aromatic N) is 3. The summed E-state index contributed by atoms with van der Waals surface area (Å²) in [6.45, 7) is 10.9. The molecule has 41 heavy (non-hydrogen) atoms. The number of hydrogen-bond donors (Lipinski definition) is 1. The van der Waals surface area contributed by atoms with Gasteiger partial charge in [-0.1, -0.05) is 5.16 Å².